The van der Waals surface area contributed by atoms with E-state index >= 15 is 0 Å². The number of hydrogen-bond donors (Lipinski definition) is 2. The van der Waals surface area contributed by atoms with Crippen molar-refractivity contribution in [2.24, 2.45) is 0 Å². The van der Waals surface area contributed by atoms with Crippen LogP contribution in [-0.2, 0) is 0 Å². The molecule has 1 aromatic rings. The number of carbonyl (C=O) groups is 1. The highest BCUT2D eigenvalue weighted by atomic mass is 16.4. The molecule has 0 aliphatic carbocycles. The maximum Gasteiger partial charge on any atom is 0.335 e. The smallest absolute Gasteiger partial charge is 0.335 e. The van der Waals surface area contributed by atoms with Gasteiger partial charge in [0.25, 0.3) is 0 Å². The van der Waals surface area contributed by atoms with Crippen LogP contribution in [0.1, 0.15) is 21.5 Å². The summed E-state index contributed by atoms with van der Waals surface area (Å²) in [5.74, 6) is -0.985. The third-order valence-electron chi connectivity index (χ3n) is 1.89. The predicted octanol–water partition coefficient (Wildman–Crippen LogP) is 1.71. The summed E-state index contributed by atoms with van der Waals surface area (Å²) in [4.78, 5) is 10.5. The fourth-order valence-electron chi connectivity index (χ4n) is 0.964. The number of rotatable bonds is 1. The molecule has 0 radical (unpaired) electrons. The van der Waals surface area contributed by atoms with Crippen LogP contribution in [0.15, 0.2) is 12.1 Å². The quantitative estimate of drug-likeness (QED) is 0.667. The number of aromatic hydroxyl groups is 1. The first-order valence-electron chi connectivity index (χ1n) is 3.56. The average molecular weight is 166 g/mol. The van der Waals surface area contributed by atoms with E-state index in [1.54, 1.807) is 13.8 Å². The van der Waals surface area contributed by atoms with E-state index in [1.807, 2.05) is 0 Å². The minimum atomic E-state index is -1.02. The van der Waals surface area contributed by atoms with Crippen molar-refractivity contribution in [2.75, 3.05) is 0 Å². The molecule has 3 heteroatoms. The van der Waals surface area contributed by atoms with Crippen LogP contribution in [0.2, 0.25) is 0 Å². The standard InChI is InChI=1S/C9H10O3/c1-5-3-7(9(11)12)4-8(10)6(5)2/h3-4,10H,1-2H3,(H,11,12). The van der Waals surface area contributed by atoms with Gasteiger partial charge in [0.1, 0.15) is 5.75 Å². The Morgan fingerprint density at radius 1 is 1.33 bits per heavy atom. The van der Waals surface area contributed by atoms with E-state index < -0.39 is 5.97 Å². The number of aryl methyl sites for hydroxylation is 1. The molecular weight excluding hydrogens is 156 g/mol. The minimum Gasteiger partial charge on any atom is -0.508 e. The molecule has 0 spiro atoms. The molecule has 0 fully saturated rings. The van der Waals surface area contributed by atoms with Crippen molar-refractivity contribution >= 4 is 5.97 Å². The molecule has 1 aromatic carbocycles. The summed E-state index contributed by atoms with van der Waals surface area (Å²) in [6, 6.07) is 2.79. The molecule has 2 N–H and O–H groups in total. The van der Waals surface area contributed by atoms with E-state index in [-0.39, 0.29) is 11.3 Å². The van der Waals surface area contributed by atoms with Crippen LogP contribution in [-0.4, -0.2) is 16.2 Å². The number of carboxylic acids is 1. The van der Waals surface area contributed by atoms with Crippen molar-refractivity contribution < 1.29 is 15.0 Å². The number of benzene rings is 1. The second-order valence-corrected chi connectivity index (χ2v) is 2.74. The number of carboxylic acid groups (broad SMARTS) is 1. The van der Waals surface area contributed by atoms with Gasteiger partial charge in [-0.2, -0.15) is 0 Å². The Hall–Kier alpha value is -1.51. The molecule has 0 aliphatic rings. The van der Waals surface area contributed by atoms with Crippen LogP contribution in [0.25, 0.3) is 0 Å². The van der Waals surface area contributed by atoms with Gasteiger partial charge in [-0.1, -0.05) is 0 Å². The van der Waals surface area contributed by atoms with Crippen LogP contribution in [0, 0.1) is 13.8 Å². The summed E-state index contributed by atoms with van der Waals surface area (Å²) < 4.78 is 0. The SMILES string of the molecule is Cc1cc(C(=O)O)cc(O)c1C. The fourth-order valence-corrected chi connectivity index (χ4v) is 0.964. The largest absolute Gasteiger partial charge is 0.508 e. The normalized spacial score (nSPS) is 9.83. The van der Waals surface area contributed by atoms with E-state index in [0.717, 1.165) is 11.1 Å². The van der Waals surface area contributed by atoms with Gasteiger partial charge in [-0.15, -0.1) is 0 Å². The van der Waals surface area contributed by atoms with Gasteiger partial charge in [0.15, 0.2) is 0 Å². The molecule has 0 atom stereocenters. The van der Waals surface area contributed by atoms with Gasteiger partial charge in [-0.05, 0) is 37.1 Å². The zero-order chi connectivity index (χ0) is 9.30. The molecule has 12 heavy (non-hydrogen) atoms. The summed E-state index contributed by atoms with van der Waals surface area (Å²) in [6.45, 7) is 3.51. The van der Waals surface area contributed by atoms with E-state index in [4.69, 9.17) is 5.11 Å². The van der Waals surface area contributed by atoms with Gasteiger partial charge in [0.2, 0.25) is 0 Å². The Morgan fingerprint density at radius 2 is 1.92 bits per heavy atom. The number of phenolic OH excluding ortho intramolecular Hbond substituents is 1. The zero-order valence-corrected chi connectivity index (χ0v) is 6.96. The van der Waals surface area contributed by atoms with Gasteiger partial charge in [-0.3, -0.25) is 0 Å². The fraction of sp³-hybridized carbons (Fsp3) is 0.222. The molecule has 0 saturated heterocycles. The van der Waals surface area contributed by atoms with E-state index in [1.165, 1.54) is 12.1 Å². The summed E-state index contributed by atoms with van der Waals surface area (Å²) in [5.41, 5.74) is 1.63. The Bertz CT molecular complexity index is 306. The molecule has 0 amide bonds. The average Bonchev–Trinajstić information content (AvgIpc) is 1.99. The van der Waals surface area contributed by atoms with Crippen molar-refractivity contribution in [3.05, 3.63) is 28.8 Å². The number of phenols is 1. The molecule has 0 aliphatic heterocycles. The Balaban J connectivity index is 3.31. The third kappa shape index (κ3) is 1.39. The summed E-state index contributed by atoms with van der Waals surface area (Å²) in [6.07, 6.45) is 0. The molecule has 0 aromatic heterocycles. The monoisotopic (exact) mass is 166 g/mol. The van der Waals surface area contributed by atoms with E-state index in [0.29, 0.717) is 0 Å². The van der Waals surface area contributed by atoms with Crippen molar-refractivity contribution in [3.8, 4) is 5.75 Å². The maximum absolute atomic E-state index is 10.5. The van der Waals surface area contributed by atoms with Crippen molar-refractivity contribution in [2.45, 2.75) is 13.8 Å². The van der Waals surface area contributed by atoms with Gasteiger partial charge in [0, 0.05) is 0 Å². The summed E-state index contributed by atoms with van der Waals surface area (Å²) >= 11 is 0. The topological polar surface area (TPSA) is 57.5 Å². The highest BCUT2D eigenvalue weighted by Gasteiger charge is 2.07. The first kappa shape index (κ1) is 8.59. The molecule has 64 valence electrons. The second kappa shape index (κ2) is 2.85. The van der Waals surface area contributed by atoms with Crippen LogP contribution < -0.4 is 0 Å². The molecule has 0 saturated carbocycles. The molecule has 0 unspecified atom stereocenters. The molecule has 0 bridgehead atoms. The lowest BCUT2D eigenvalue weighted by molar-refractivity contribution is 0.0696. The number of aromatic carboxylic acids is 1. The van der Waals surface area contributed by atoms with Crippen molar-refractivity contribution in [3.63, 3.8) is 0 Å². The maximum atomic E-state index is 10.5. The predicted molar refractivity (Wildman–Crippen MR) is 44.5 cm³/mol. The first-order chi connectivity index (χ1) is 5.52. The van der Waals surface area contributed by atoms with Crippen LogP contribution in [0.5, 0.6) is 5.75 Å². The number of hydrogen-bond acceptors (Lipinski definition) is 2. The van der Waals surface area contributed by atoms with Crippen LogP contribution in [0.4, 0.5) is 0 Å². The first-order valence-corrected chi connectivity index (χ1v) is 3.56. The highest BCUT2D eigenvalue weighted by Crippen LogP contribution is 2.21. The Morgan fingerprint density at radius 3 is 2.33 bits per heavy atom. The molecule has 3 nitrogen and oxygen atoms in total. The van der Waals surface area contributed by atoms with E-state index in [9.17, 15) is 9.90 Å². The Labute approximate surface area is 70.3 Å². The van der Waals surface area contributed by atoms with Crippen LogP contribution in [0.3, 0.4) is 0 Å². The van der Waals surface area contributed by atoms with Crippen molar-refractivity contribution in [1.82, 2.24) is 0 Å². The van der Waals surface area contributed by atoms with E-state index in [2.05, 4.69) is 0 Å². The van der Waals surface area contributed by atoms with Gasteiger partial charge < -0.3 is 10.2 Å². The highest BCUT2D eigenvalue weighted by molar-refractivity contribution is 5.88. The van der Waals surface area contributed by atoms with Gasteiger partial charge in [0.05, 0.1) is 5.56 Å². The minimum absolute atomic E-state index is 0.0346. The molecular formula is C9H10O3. The van der Waals surface area contributed by atoms with Crippen molar-refractivity contribution in [1.29, 1.82) is 0 Å². The zero-order valence-electron chi connectivity index (χ0n) is 6.96. The molecule has 0 heterocycles. The lowest BCUT2D eigenvalue weighted by atomic mass is 10.1. The second-order valence-electron chi connectivity index (χ2n) is 2.74. The van der Waals surface area contributed by atoms with Crippen LogP contribution >= 0.6 is 0 Å². The summed E-state index contributed by atoms with van der Waals surface area (Å²) in [5, 5.41) is 17.9. The molecule has 1 rings (SSSR count). The lowest BCUT2D eigenvalue weighted by Crippen LogP contribution is -1.97. The van der Waals surface area contributed by atoms with Gasteiger partial charge in [-0.25, -0.2) is 4.79 Å². The lowest BCUT2D eigenvalue weighted by Gasteiger charge is -2.04. The summed E-state index contributed by atoms with van der Waals surface area (Å²) in [7, 11) is 0. The van der Waals surface area contributed by atoms with Gasteiger partial charge >= 0.3 is 5.97 Å². The Kier molecular flexibility index (Phi) is 2.04. The third-order valence-corrected chi connectivity index (χ3v) is 1.89.